The molecule has 1 amide bonds. The molecule has 7 nitrogen and oxygen atoms in total. The summed E-state index contributed by atoms with van der Waals surface area (Å²) in [6.45, 7) is 6.38. The summed E-state index contributed by atoms with van der Waals surface area (Å²) in [6.07, 6.45) is 1.87. The number of morpholine rings is 1. The fourth-order valence-electron chi connectivity index (χ4n) is 3.80. The lowest BCUT2D eigenvalue weighted by Gasteiger charge is -2.35. The molecule has 1 unspecified atom stereocenters. The largest absolute Gasteiger partial charge is 0.378 e. The van der Waals surface area contributed by atoms with Crippen LogP contribution in [-0.4, -0.2) is 65.2 Å². The van der Waals surface area contributed by atoms with Gasteiger partial charge in [0.2, 0.25) is 17.6 Å². The Morgan fingerprint density at radius 2 is 2.11 bits per heavy atom. The van der Waals surface area contributed by atoms with Crippen LogP contribution in [0.4, 0.5) is 4.39 Å². The molecule has 1 aromatic carbocycles. The number of piperidine rings is 1. The fraction of sp³-hybridized carbons (Fsp3) is 0.550. The zero-order valence-corrected chi connectivity index (χ0v) is 16.1. The predicted molar refractivity (Wildman–Crippen MR) is 99.8 cm³/mol. The number of rotatable bonds is 4. The van der Waals surface area contributed by atoms with Crippen LogP contribution < -0.4 is 0 Å². The van der Waals surface area contributed by atoms with Crippen molar-refractivity contribution in [1.29, 1.82) is 0 Å². The van der Waals surface area contributed by atoms with E-state index in [4.69, 9.17) is 9.26 Å². The number of aryl methyl sites for hydroxylation is 1. The SMILES string of the molecule is Cc1ccc(-c2noc(CN3CCCC(C(=O)N4CCOCC4)C3)n2)cc1F. The van der Waals surface area contributed by atoms with Gasteiger partial charge in [-0.1, -0.05) is 17.3 Å². The number of aromatic nitrogens is 2. The van der Waals surface area contributed by atoms with Gasteiger partial charge in [-0.25, -0.2) is 4.39 Å². The molecule has 0 N–H and O–H groups in total. The van der Waals surface area contributed by atoms with Gasteiger partial charge in [0, 0.05) is 25.2 Å². The molecule has 1 aromatic heterocycles. The molecule has 0 spiro atoms. The van der Waals surface area contributed by atoms with Gasteiger partial charge in [0.1, 0.15) is 5.82 Å². The minimum atomic E-state index is -0.288. The van der Waals surface area contributed by atoms with E-state index in [1.807, 2.05) is 4.90 Å². The topological polar surface area (TPSA) is 71.7 Å². The van der Waals surface area contributed by atoms with Gasteiger partial charge in [-0.15, -0.1) is 0 Å². The predicted octanol–water partition coefficient (Wildman–Crippen LogP) is 2.25. The Balaban J connectivity index is 1.38. The molecule has 1 atom stereocenters. The molecule has 0 radical (unpaired) electrons. The fourth-order valence-corrected chi connectivity index (χ4v) is 3.80. The van der Waals surface area contributed by atoms with Gasteiger partial charge >= 0.3 is 0 Å². The molecule has 150 valence electrons. The Morgan fingerprint density at radius 1 is 1.29 bits per heavy atom. The Labute approximate surface area is 163 Å². The van der Waals surface area contributed by atoms with E-state index in [-0.39, 0.29) is 17.6 Å². The Bertz CT molecular complexity index is 835. The maximum Gasteiger partial charge on any atom is 0.241 e. The van der Waals surface area contributed by atoms with Crippen molar-refractivity contribution in [3.05, 3.63) is 35.5 Å². The molecule has 0 bridgehead atoms. The second-order valence-corrected chi connectivity index (χ2v) is 7.49. The van der Waals surface area contributed by atoms with Gasteiger partial charge in [-0.05, 0) is 37.9 Å². The van der Waals surface area contributed by atoms with E-state index in [1.165, 1.54) is 6.07 Å². The van der Waals surface area contributed by atoms with E-state index in [1.54, 1.807) is 19.1 Å². The number of ether oxygens (including phenoxy) is 1. The van der Waals surface area contributed by atoms with E-state index in [2.05, 4.69) is 15.0 Å². The third kappa shape index (κ3) is 4.23. The number of carbonyl (C=O) groups excluding carboxylic acids is 1. The third-order valence-electron chi connectivity index (χ3n) is 5.43. The normalized spacial score (nSPS) is 21.1. The number of benzene rings is 1. The first kappa shape index (κ1) is 19.0. The zero-order valence-electron chi connectivity index (χ0n) is 16.1. The van der Waals surface area contributed by atoms with Crippen LogP contribution in [0.15, 0.2) is 22.7 Å². The van der Waals surface area contributed by atoms with Crippen LogP contribution in [0.1, 0.15) is 24.3 Å². The Morgan fingerprint density at radius 3 is 2.89 bits per heavy atom. The highest BCUT2D eigenvalue weighted by atomic mass is 19.1. The third-order valence-corrected chi connectivity index (χ3v) is 5.43. The summed E-state index contributed by atoms with van der Waals surface area (Å²) in [5.41, 5.74) is 1.17. The molecule has 2 aliphatic rings. The van der Waals surface area contributed by atoms with Crippen LogP contribution in [-0.2, 0) is 16.1 Å². The molecule has 0 saturated carbocycles. The summed E-state index contributed by atoms with van der Waals surface area (Å²) in [5.74, 6) is 0.793. The van der Waals surface area contributed by atoms with E-state index in [0.29, 0.717) is 62.2 Å². The summed E-state index contributed by atoms with van der Waals surface area (Å²) < 4.78 is 24.5. The van der Waals surface area contributed by atoms with Gasteiger partial charge in [0.05, 0.1) is 25.7 Å². The van der Waals surface area contributed by atoms with E-state index >= 15 is 0 Å². The molecule has 3 heterocycles. The molecule has 0 aliphatic carbocycles. The maximum absolute atomic E-state index is 13.8. The summed E-state index contributed by atoms with van der Waals surface area (Å²) in [6, 6.07) is 4.90. The standard InChI is InChI=1S/C20H25FN4O3/c1-14-4-5-15(11-17(14)21)19-22-18(28-23-19)13-24-6-2-3-16(12-24)20(26)25-7-9-27-10-8-25/h4-5,11,16H,2-3,6-10,12-13H2,1H3. The maximum atomic E-state index is 13.8. The van der Waals surface area contributed by atoms with Crippen LogP contribution in [0, 0.1) is 18.7 Å². The van der Waals surface area contributed by atoms with E-state index in [0.717, 1.165) is 19.4 Å². The lowest BCUT2D eigenvalue weighted by atomic mass is 9.96. The lowest BCUT2D eigenvalue weighted by Crippen LogP contribution is -2.48. The molecule has 2 aromatic rings. The van der Waals surface area contributed by atoms with Gasteiger partial charge in [0.25, 0.3) is 0 Å². The van der Waals surface area contributed by atoms with Crippen molar-refractivity contribution in [1.82, 2.24) is 19.9 Å². The van der Waals surface area contributed by atoms with Crippen LogP contribution in [0.5, 0.6) is 0 Å². The number of amides is 1. The van der Waals surface area contributed by atoms with Crippen molar-refractivity contribution in [2.75, 3.05) is 39.4 Å². The quantitative estimate of drug-likeness (QED) is 0.800. The van der Waals surface area contributed by atoms with E-state index < -0.39 is 0 Å². The van der Waals surface area contributed by atoms with Crippen LogP contribution in [0.25, 0.3) is 11.4 Å². The zero-order chi connectivity index (χ0) is 19.5. The number of halogens is 1. The van der Waals surface area contributed by atoms with Crippen molar-refractivity contribution in [2.24, 2.45) is 5.92 Å². The van der Waals surface area contributed by atoms with Crippen molar-refractivity contribution in [3.8, 4) is 11.4 Å². The van der Waals surface area contributed by atoms with Crippen LogP contribution in [0.2, 0.25) is 0 Å². The molecule has 2 aliphatic heterocycles. The minimum Gasteiger partial charge on any atom is -0.378 e. The van der Waals surface area contributed by atoms with Crippen LogP contribution in [0.3, 0.4) is 0 Å². The average molecular weight is 388 g/mol. The number of hydrogen-bond donors (Lipinski definition) is 0. The van der Waals surface area contributed by atoms with Crippen molar-refractivity contribution in [2.45, 2.75) is 26.3 Å². The summed E-state index contributed by atoms with van der Waals surface area (Å²) in [4.78, 5) is 21.3. The number of nitrogens with zero attached hydrogens (tertiary/aromatic N) is 4. The number of likely N-dealkylation sites (tertiary alicyclic amines) is 1. The van der Waals surface area contributed by atoms with Gasteiger partial charge in [-0.2, -0.15) is 4.98 Å². The van der Waals surface area contributed by atoms with Gasteiger partial charge in [-0.3, -0.25) is 9.69 Å². The smallest absolute Gasteiger partial charge is 0.241 e. The summed E-state index contributed by atoms with van der Waals surface area (Å²) >= 11 is 0. The minimum absolute atomic E-state index is 0.000404. The Kier molecular flexibility index (Phi) is 5.68. The van der Waals surface area contributed by atoms with Gasteiger partial charge in [0.15, 0.2) is 0 Å². The highest BCUT2D eigenvalue weighted by Crippen LogP contribution is 2.23. The highest BCUT2D eigenvalue weighted by molar-refractivity contribution is 5.79. The summed E-state index contributed by atoms with van der Waals surface area (Å²) in [7, 11) is 0. The molecule has 4 rings (SSSR count). The number of carbonyl (C=O) groups is 1. The van der Waals surface area contributed by atoms with Crippen molar-refractivity contribution in [3.63, 3.8) is 0 Å². The average Bonchev–Trinajstić information content (AvgIpc) is 3.19. The first-order chi connectivity index (χ1) is 13.6. The highest BCUT2D eigenvalue weighted by Gasteiger charge is 2.30. The molecule has 8 heteroatoms. The second kappa shape index (κ2) is 8.36. The molecule has 2 fully saturated rings. The first-order valence-electron chi connectivity index (χ1n) is 9.78. The van der Waals surface area contributed by atoms with E-state index in [9.17, 15) is 9.18 Å². The molecular formula is C20H25FN4O3. The van der Waals surface area contributed by atoms with Crippen molar-refractivity contribution >= 4 is 5.91 Å². The van der Waals surface area contributed by atoms with Crippen molar-refractivity contribution < 1.29 is 18.4 Å². The molecule has 28 heavy (non-hydrogen) atoms. The summed E-state index contributed by atoms with van der Waals surface area (Å²) in [5, 5.41) is 3.98. The molecular weight excluding hydrogens is 363 g/mol. The number of hydrogen-bond acceptors (Lipinski definition) is 6. The van der Waals surface area contributed by atoms with Gasteiger partial charge < -0.3 is 14.2 Å². The monoisotopic (exact) mass is 388 g/mol. The lowest BCUT2D eigenvalue weighted by molar-refractivity contribution is -0.141. The first-order valence-corrected chi connectivity index (χ1v) is 9.78. The molecule has 2 saturated heterocycles. The van der Waals surface area contributed by atoms with Crippen LogP contribution >= 0.6 is 0 Å². The second-order valence-electron chi connectivity index (χ2n) is 7.49. The Hall–Kier alpha value is -2.32.